The monoisotopic (exact) mass is 357 g/mol. The van der Waals surface area contributed by atoms with Crippen LogP contribution in [-0.2, 0) is 29.0 Å². The summed E-state index contributed by atoms with van der Waals surface area (Å²) in [4.78, 5) is 23.8. The van der Waals surface area contributed by atoms with Crippen molar-refractivity contribution in [1.29, 1.82) is 0 Å². The van der Waals surface area contributed by atoms with Crippen LogP contribution in [0.1, 0.15) is 22.3 Å². The molecule has 3 N–H and O–H groups in total. The molecule has 0 saturated heterocycles. The lowest BCUT2D eigenvalue weighted by Gasteiger charge is -2.15. The molecule has 0 heterocycles. The molecule has 1 amide bonds. The minimum atomic E-state index is -1.09. The highest BCUT2D eigenvalue weighted by Gasteiger charge is 2.20. The van der Waals surface area contributed by atoms with E-state index in [0.29, 0.717) is 5.75 Å². The number of carboxylic acid groups (broad SMARTS) is 1. The molecule has 0 fully saturated rings. The van der Waals surface area contributed by atoms with Crippen LogP contribution >= 0.6 is 0 Å². The lowest BCUT2D eigenvalue weighted by atomic mass is 10.0. The summed E-state index contributed by atoms with van der Waals surface area (Å²) in [6.07, 6.45) is 0.245. The van der Waals surface area contributed by atoms with Crippen LogP contribution in [0.25, 0.3) is 0 Å². The molecule has 6 heteroatoms. The third kappa shape index (κ3) is 5.32. The number of carboxylic acids is 1. The second-order valence-electron chi connectivity index (χ2n) is 6.11. The molecule has 0 aliphatic carbocycles. The summed E-state index contributed by atoms with van der Waals surface area (Å²) < 4.78 is 5.13. The molecular formula is C20H23NO5. The van der Waals surface area contributed by atoms with Crippen LogP contribution in [0.5, 0.6) is 5.75 Å². The van der Waals surface area contributed by atoms with Gasteiger partial charge in [-0.1, -0.05) is 30.3 Å². The first kappa shape index (κ1) is 19.5. The van der Waals surface area contributed by atoms with Crippen LogP contribution in [0.4, 0.5) is 0 Å². The smallest absolute Gasteiger partial charge is 0.326 e. The number of aliphatic carboxylic acids is 1. The van der Waals surface area contributed by atoms with Crippen molar-refractivity contribution in [3.05, 3.63) is 64.7 Å². The maximum absolute atomic E-state index is 12.3. The van der Waals surface area contributed by atoms with Crippen LogP contribution in [0.15, 0.2) is 42.5 Å². The lowest BCUT2D eigenvalue weighted by Crippen LogP contribution is -2.43. The minimum absolute atomic E-state index is 0.0556. The van der Waals surface area contributed by atoms with E-state index in [4.69, 9.17) is 4.74 Å². The standard InChI is InChI=1S/C20H23NO5/c1-13-8-15(6-7-16(13)12-22)11-19(23)21-18(20(24)25)10-14-4-3-5-17(9-14)26-2/h3-9,18,22H,10-12H2,1-2H3,(H,21,23)(H,24,25). The van der Waals surface area contributed by atoms with E-state index in [1.54, 1.807) is 43.5 Å². The Bertz CT molecular complexity index is 788. The van der Waals surface area contributed by atoms with Crippen molar-refractivity contribution in [2.75, 3.05) is 7.11 Å². The number of aliphatic hydroxyl groups excluding tert-OH is 1. The first-order chi connectivity index (χ1) is 12.4. The van der Waals surface area contributed by atoms with Crippen LogP contribution in [0, 0.1) is 6.92 Å². The number of rotatable bonds is 8. The molecule has 1 atom stereocenters. The molecule has 0 aliphatic heterocycles. The summed E-state index contributed by atoms with van der Waals surface area (Å²) in [7, 11) is 1.54. The van der Waals surface area contributed by atoms with Gasteiger partial charge in [-0.15, -0.1) is 0 Å². The number of aryl methyl sites for hydroxylation is 1. The van der Waals surface area contributed by atoms with Gasteiger partial charge in [-0.05, 0) is 41.3 Å². The number of amides is 1. The van der Waals surface area contributed by atoms with E-state index in [1.165, 1.54) is 0 Å². The van der Waals surface area contributed by atoms with Crippen molar-refractivity contribution in [1.82, 2.24) is 5.32 Å². The molecule has 1 unspecified atom stereocenters. The Balaban J connectivity index is 2.03. The summed E-state index contributed by atoms with van der Waals surface area (Å²) in [5, 5.41) is 21.2. The maximum atomic E-state index is 12.3. The second kappa shape index (κ2) is 9.01. The van der Waals surface area contributed by atoms with E-state index in [0.717, 1.165) is 22.3 Å². The van der Waals surface area contributed by atoms with Crippen molar-refractivity contribution in [2.45, 2.75) is 32.4 Å². The fraction of sp³-hybridized carbons (Fsp3) is 0.300. The normalized spacial score (nSPS) is 11.7. The van der Waals surface area contributed by atoms with Gasteiger partial charge in [-0.25, -0.2) is 4.79 Å². The molecule has 0 aliphatic rings. The number of aliphatic hydroxyl groups is 1. The largest absolute Gasteiger partial charge is 0.497 e. The number of benzene rings is 2. The molecule has 2 aromatic carbocycles. The third-order valence-corrected chi connectivity index (χ3v) is 4.15. The van der Waals surface area contributed by atoms with Gasteiger partial charge in [0, 0.05) is 6.42 Å². The molecule has 26 heavy (non-hydrogen) atoms. The maximum Gasteiger partial charge on any atom is 0.326 e. The van der Waals surface area contributed by atoms with Crippen molar-refractivity contribution in [3.63, 3.8) is 0 Å². The summed E-state index contributed by atoms with van der Waals surface area (Å²) >= 11 is 0. The number of methoxy groups -OCH3 is 1. The van der Waals surface area contributed by atoms with Gasteiger partial charge in [-0.2, -0.15) is 0 Å². The molecule has 0 bridgehead atoms. The summed E-state index contributed by atoms with van der Waals surface area (Å²) in [5.41, 5.74) is 3.22. The molecular weight excluding hydrogens is 334 g/mol. The van der Waals surface area contributed by atoms with Crippen LogP contribution < -0.4 is 10.1 Å². The van der Waals surface area contributed by atoms with Gasteiger partial charge in [-0.3, -0.25) is 4.79 Å². The second-order valence-corrected chi connectivity index (χ2v) is 6.11. The predicted molar refractivity (Wildman–Crippen MR) is 97.1 cm³/mol. The Kier molecular flexibility index (Phi) is 6.74. The zero-order chi connectivity index (χ0) is 19.1. The molecule has 2 rings (SSSR count). The number of hydrogen-bond acceptors (Lipinski definition) is 4. The Morgan fingerprint density at radius 2 is 1.92 bits per heavy atom. The number of hydrogen-bond donors (Lipinski definition) is 3. The average molecular weight is 357 g/mol. The molecule has 0 saturated carbocycles. The predicted octanol–water partition coefficient (Wildman–Crippen LogP) is 1.85. The van der Waals surface area contributed by atoms with Crippen molar-refractivity contribution < 1.29 is 24.5 Å². The number of carbonyl (C=O) groups is 2. The first-order valence-corrected chi connectivity index (χ1v) is 8.27. The van der Waals surface area contributed by atoms with Gasteiger partial charge in [0.25, 0.3) is 0 Å². The molecule has 138 valence electrons. The van der Waals surface area contributed by atoms with Crippen LogP contribution in [0.2, 0.25) is 0 Å². The zero-order valence-electron chi connectivity index (χ0n) is 14.9. The number of ether oxygens (including phenoxy) is 1. The van der Waals surface area contributed by atoms with E-state index >= 15 is 0 Å². The van der Waals surface area contributed by atoms with E-state index in [2.05, 4.69) is 5.32 Å². The van der Waals surface area contributed by atoms with Crippen LogP contribution in [0.3, 0.4) is 0 Å². The average Bonchev–Trinajstić information content (AvgIpc) is 2.61. The van der Waals surface area contributed by atoms with Crippen LogP contribution in [-0.4, -0.2) is 35.2 Å². The highest BCUT2D eigenvalue weighted by atomic mass is 16.5. The van der Waals surface area contributed by atoms with E-state index < -0.39 is 12.0 Å². The van der Waals surface area contributed by atoms with Gasteiger partial charge >= 0.3 is 5.97 Å². The quantitative estimate of drug-likeness (QED) is 0.670. The van der Waals surface area contributed by atoms with Gasteiger partial charge in [0.15, 0.2) is 0 Å². The van der Waals surface area contributed by atoms with E-state index in [-0.39, 0.29) is 25.4 Å². The Hall–Kier alpha value is -2.86. The first-order valence-electron chi connectivity index (χ1n) is 8.27. The van der Waals surface area contributed by atoms with Crippen molar-refractivity contribution in [2.24, 2.45) is 0 Å². The van der Waals surface area contributed by atoms with Crippen molar-refractivity contribution >= 4 is 11.9 Å². The fourth-order valence-corrected chi connectivity index (χ4v) is 2.71. The zero-order valence-corrected chi connectivity index (χ0v) is 14.9. The van der Waals surface area contributed by atoms with Crippen molar-refractivity contribution in [3.8, 4) is 5.75 Å². The highest BCUT2D eigenvalue weighted by molar-refractivity contribution is 5.85. The Morgan fingerprint density at radius 3 is 2.54 bits per heavy atom. The Labute approximate surface area is 152 Å². The number of carbonyl (C=O) groups excluding carboxylic acids is 1. The summed E-state index contributed by atoms with van der Waals surface area (Å²) in [6, 6.07) is 11.4. The molecule has 0 aromatic heterocycles. The molecule has 0 spiro atoms. The van der Waals surface area contributed by atoms with E-state index in [9.17, 15) is 19.8 Å². The topological polar surface area (TPSA) is 95.9 Å². The third-order valence-electron chi connectivity index (χ3n) is 4.15. The summed E-state index contributed by atoms with van der Waals surface area (Å²) in [6.45, 7) is 1.80. The molecule has 6 nitrogen and oxygen atoms in total. The van der Waals surface area contributed by atoms with Gasteiger partial charge in [0.2, 0.25) is 5.91 Å². The summed E-state index contributed by atoms with van der Waals surface area (Å²) in [5.74, 6) is -0.818. The minimum Gasteiger partial charge on any atom is -0.497 e. The molecule has 2 aromatic rings. The lowest BCUT2D eigenvalue weighted by molar-refractivity contribution is -0.141. The highest BCUT2D eigenvalue weighted by Crippen LogP contribution is 2.15. The van der Waals surface area contributed by atoms with Gasteiger partial charge in [0.1, 0.15) is 11.8 Å². The van der Waals surface area contributed by atoms with Gasteiger partial charge in [0.05, 0.1) is 20.1 Å². The fourth-order valence-electron chi connectivity index (χ4n) is 2.71. The number of nitrogens with one attached hydrogen (secondary N) is 1. The van der Waals surface area contributed by atoms with Gasteiger partial charge < -0.3 is 20.3 Å². The SMILES string of the molecule is COc1cccc(CC(NC(=O)Cc2ccc(CO)c(C)c2)C(=O)O)c1. The Morgan fingerprint density at radius 1 is 1.15 bits per heavy atom. The molecule has 0 radical (unpaired) electrons. The van der Waals surface area contributed by atoms with E-state index in [1.807, 2.05) is 13.0 Å².